The molecule has 1 aromatic heterocycles. The molecule has 3 amide bonds. The van der Waals surface area contributed by atoms with Crippen molar-refractivity contribution >= 4 is 35.0 Å². The van der Waals surface area contributed by atoms with Gasteiger partial charge in [0.05, 0.1) is 17.6 Å². The van der Waals surface area contributed by atoms with Crippen LogP contribution in [-0.2, 0) is 4.74 Å². The van der Waals surface area contributed by atoms with Gasteiger partial charge in [-0.2, -0.15) is 0 Å². The van der Waals surface area contributed by atoms with Crippen molar-refractivity contribution in [3.8, 4) is 0 Å². The van der Waals surface area contributed by atoms with Gasteiger partial charge >= 0.3 is 6.09 Å². The number of rotatable bonds is 5. The number of carbonyl (C=O) groups is 3. The summed E-state index contributed by atoms with van der Waals surface area (Å²) in [7, 11) is 0. The van der Waals surface area contributed by atoms with Crippen molar-refractivity contribution in [2.24, 2.45) is 0 Å². The number of anilines is 3. The largest absolute Gasteiger partial charge is 0.459 e. The maximum absolute atomic E-state index is 13.5. The molecule has 2 fully saturated rings. The molecule has 10 nitrogen and oxygen atoms in total. The minimum Gasteiger partial charge on any atom is -0.459 e. The molecule has 2 aliphatic rings. The fraction of sp³-hybridized carbons (Fsp3) is 0.406. The first-order valence-electron chi connectivity index (χ1n) is 14.4. The molecule has 0 unspecified atom stereocenters. The Morgan fingerprint density at radius 3 is 2.05 bits per heavy atom. The van der Waals surface area contributed by atoms with E-state index in [0.717, 1.165) is 31.9 Å². The summed E-state index contributed by atoms with van der Waals surface area (Å²) in [5.41, 5.74) is 3.78. The summed E-state index contributed by atoms with van der Waals surface area (Å²) in [5.74, 6) is -0.334. The van der Waals surface area contributed by atoms with Crippen LogP contribution in [0.1, 0.15) is 47.2 Å². The molecule has 2 aliphatic heterocycles. The van der Waals surface area contributed by atoms with E-state index in [0.29, 0.717) is 37.4 Å². The number of para-hydroxylation sites is 1. The van der Waals surface area contributed by atoms with Gasteiger partial charge in [0.15, 0.2) is 5.76 Å². The minimum absolute atomic E-state index is 0.150. The number of hydrogen-bond donors (Lipinski definition) is 1. The van der Waals surface area contributed by atoms with E-state index in [1.165, 1.54) is 17.5 Å². The number of nitrogens with one attached hydrogen (secondary N) is 1. The quantitative estimate of drug-likeness (QED) is 0.466. The Kier molecular flexibility index (Phi) is 8.42. The smallest absolute Gasteiger partial charge is 0.410 e. The fourth-order valence-electron chi connectivity index (χ4n) is 5.34. The topological polar surface area (TPSA) is 98.6 Å². The first kappa shape index (κ1) is 29.0. The molecular weight excluding hydrogens is 534 g/mol. The first-order chi connectivity index (χ1) is 20.1. The molecule has 10 heteroatoms. The van der Waals surface area contributed by atoms with Gasteiger partial charge in [-0.15, -0.1) is 0 Å². The predicted molar refractivity (Wildman–Crippen MR) is 162 cm³/mol. The Balaban J connectivity index is 1.31. The number of furan rings is 1. The Labute approximate surface area is 246 Å². The van der Waals surface area contributed by atoms with E-state index < -0.39 is 5.60 Å². The predicted octanol–water partition coefficient (Wildman–Crippen LogP) is 4.86. The van der Waals surface area contributed by atoms with Crippen LogP contribution in [0.15, 0.2) is 65.3 Å². The number of piperazine rings is 2. The second kappa shape index (κ2) is 12.2. The summed E-state index contributed by atoms with van der Waals surface area (Å²) >= 11 is 0. The lowest BCUT2D eigenvalue weighted by molar-refractivity contribution is 0.0141. The first-order valence-corrected chi connectivity index (χ1v) is 14.4. The maximum atomic E-state index is 13.5. The van der Waals surface area contributed by atoms with E-state index in [1.54, 1.807) is 28.0 Å². The zero-order chi connectivity index (χ0) is 29.9. The van der Waals surface area contributed by atoms with E-state index in [4.69, 9.17) is 9.15 Å². The van der Waals surface area contributed by atoms with Crippen molar-refractivity contribution in [3.63, 3.8) is 0 Å². The van der Waals surface area contributed by atoms with E-state index in [-0.39, 0.29) is 23.7 Å². The minimum atomic E-state index is -0.574. The van der Waals surface area contributed by atoms with E-state index in [1.807, 2.05) is 39.0 Å². The molecule has 5 rings (SSSR count). The summed E-state index contributed by atoms with van der Waals surface area (Å²) < 4.78 is 10.8. The Morgan fingerprint density at radius 1 is 0.786 bits per heavy atom. The average molecular weight is 574 g/mol. The Bertz CT molecular complexity index is 1420. The monoisotopic (exact) mass is 573 g/mol. The lowest BCUT2D eigenvalue weighted by Gasteiger charge is -2.39. The van der Waals surface area contributed by atoms with Crippen molar-refractivity contribution in [2.75, 3.05) is 67.5 Å². The van der Waals surface area contributed by atoms with Crippen LogP contribution in [0.2, 0.25) is 0 Å². The zero-order valence-electron chi connectivity index (χ0n) is 24.8. The van der Waals surface area contributed by atoms with Gasteiger partial charge in [0.1, 0.15) is 5.60 Å². The molecule has 1 N–H and O–H groups in total. The number of hydrogen-bond acceptors (Lipinski definition) is 7. The summed E-state index contributed by atoms with van der Waals surface area (Å²) in [6, 6.07) is 17.1. The van der Waals surface area contributed by atoms with E-state index >= 15 is 0 Å². The molecular formula is C32H39N5O5. The fourth-order valence-corrected chi connectivity index (χ4v) is 5.34. The molecule has 222 valence electrons. The molecule has 3 aromatic rings. The van der Waals surface area contributed by atoms with Gasteiger partial charge in [0, 0.05) is 63.6 Å². The van der Waals surface area contributed by atoms with Crippen molar-refractivity contribution in [3.05, 3.63) is 77.7 Å². The van der Waals surface area contributed by atoms with Gasteiger partial charge < -0.3 is 34.1 Å². The van der Waals surface area contributed by atoms with Crippen LogP contribution in [0.3, 0.4) is 0 Å². The Hall–Kier alpha value is -4.47. The van der Waals surface area contributed by atoms with Crippen LogP contribution < -0.4 is 15.1 Å². The van der Waals surface area contributed by atoms with Crippen LogP contribution >= 0.6 is 0 Å². The lowest BCUT2D eigenvalue weighted by atomic mass is 10.1. The second-order valence-electron chi connectivity index (χ2n) is 11.7. The van der Waals surface area contributed by atoms with Gasteiger partial charge in [-0.05, 0) is 69.7 Å². The number of aryl methyl sites for hydroxylation is 1. The number of carbonyl (C=O) groups excluding carboxylic acids is 3. The van der Waals surface area contributed by atoms with Gasteiger partial charge in [0.25, 0.3) is 11.8 Å². The van der Waals surface area contributed by atoms with Crippen LogP contribution in [0.25, 0.3) is 0 Å². The highest BCUT2D eigenvalue weighted by Gasteiger charge is 2.29. The van der Waals surface area contributed by atoms with Crippen molar-refractivity contribution in [2.45, 2.75) is 33.3 Å². The molecule has 2 aromatic carbocycles. The van der Waals surface area contributed by atoms with Crippen molar-refractivity contribution in [1.29, 1.82) is 0 Å². The van der Waals surface area contributed by atoms with Gasteiger partial charge in [0.2, 0.25) is 0 Å². The number of nitrogens with zero attached hydrogens (tertiary/aromatic N) is 4. The third-order valence-electron chi connectivity index (χ3n) is 7.53. The summed E-state index contributed by atoms with van der Waals surface area (Å²) in [6.07, 6.45) is 1.08. The zero-order valence-corrected chi connectivity index (χ0v) is 24.8. The van der Waals surface area contributed by atoms with Gasteiger partial charge in [-0.3, -0.25) is 9.59 Å². The molecule has 0 saturated carbocycles. The highest BCUT2D eigenvalue weighted by molar-refractivity contribution is 6.05. The third kappa shape index (κ3) is 6.70. The summed E-state index contributed by atoms with van der Waals surface area (Å²) in [6.45, 7) is 12.4. The van der Waals surface area contributed by atoms with Gasteiger partial charge in [-0.1, -0.05) is 18.2 Å². The second-order valence-corrected chi connectivity index (χ2v) is 11.7. The van der Waals surface area contributed by atoms with Crippen LogP contribution in [0, 0.1) is 6.92 Å². The molecule has 2 saturated heterocycles. The van der Waals surface area contributed by atoms with Crippen molar-refractivity contribution in [1.82, 2.24) is 9.80 Å². The summed E-state index contributed by atoms with van der Waals surface area (Å²) in [5, 5.41) is 2.98. The summed E-state index contributed by atoms with van der Waals surface area (Å²) in [4.78, 5) is 46.9. The van der Waals surface area contributed by atoms with Crippen molar-refractivity contribution < 1.29 is 23.5 Å². The lowest BCUT2D eigenvalue weighted by Crippen LogP contribution is -2.51. The molecule has 0 atom stereocenters. The number of benzene rings is 2. The third-order valence-corrected chi connectivity index (χ3v) is 7.53. The van der Waals surface area contributed by atoms with E-state index in [2.05, 4.69) is 40.2 Å². The van der Waals surface area contributed by atoms with Crippen LogP contribution in [-0.4, -0.2) is 85.7 Å². The standard InChI is InChI=1S/C32H39N5O5/c1-23-8-5-6-9-26(23)34-13-15-35(16-14-34)27-12-11-24(22-25(27)33-29(38)28-10-7-21-41-28)30(39)36-17-19-37(20-18-36)31(40)42-32(2,3)4/h5-12,21-22H,13-20H2,1-4H3,(H,33,38). The normalized spacial score (nSPS) is 15.9. The van der Waals surface area contributed by atoms with Crippen LogP contribution in [0.4, 0.5) is 21.9 Å². The molecule has 42 heavy (non-hydrogen) atoms. The SMILES string of the molecule is Cc1ccccc1N1CCN(c2ccc(C(=O)N3CCN(C(=O)OC(C)(C)C)CC3)cc2NC(=O)c2ccco2)CC1. The molecule has 0 spiro atoms. The number of ether oxygens (including phenoxy) is 1. The molecule has 0 aliphatic carbocycles. The molecule has 0 bridgehead atoms. The number of amides is 3. The van der Waals surface area contributed by atoms with Crippen LogP contribution in [0.5, 0.6) is 0 Å². The molecule has 0 radical (unpaired) electrons. The average Bonchev–Trinajstić information content (AvgIpc) is 3.52. The highest BCUT2D eigenvalue weighted by Crippen LogP contribution is 2.31. The molecule has 3 heterocycles. The maximum Gasteiger partial charge on any atom is 0.410 e. The Morgan fingerprint density at radius 2 is 1.43 bits per heavy atom. The van der Waals surface area contributed by atoms with E-state index in [9.17, 15) is 14.4 Å². The highest BCUT2D eigenvalue weighted by atomic mass is 16.6. The van der Waals surface area contributed by atoms with Gasteiger partial charge in [-0.25, -0.2) is 4.79 Å².